The number of thiazole rings is 1. The predicted octanol–water partition coefficient (Wildman–Crippen LogP) is 2.24. The van der Waals surface area contributed by atoms with Crippen molar-refractivity contribution >= 4 is 39.1 Å². The van der Waals surface area contributed by atoms with Gasteiger partial charge in [0.05, 0.1) is 23.8 Å². The molecule has 1 heterocycles. The zero-order valence-electron chi connectivity index (χ0n) is 17.2. The fraction of sp³-hybridized carbons (Fsp3) is 0.318. The zero-order valence-corrected chi connectivity index (χ0v) is 18.0. The summed E-state index contributed by atoms with van der Waals surface area (Å²) >= 11 is 1.65. The van der Waals surface area contributed by atoms with Gasteiger partial charge in [-0.3, -0.25) is 9.59 Å². The average Bonchev–Trinajstić information content (AvgIpc) is 3.13. The Bertz CT molecular complexity index is 998. The molecule has 0 radical (unpaired) electrons. The normalized spacial score (nSPS) is 13.1. The van der Waals surface area contributed by atoms with Crippen molar-refractivity contribution in [3.8, 4) is 0 Å². The van der Waals surface area contributed by atoms with E-state index in [1.54, 1.807) is 11.3 Å². The third kappa shape index (κ3) is 5.19. The van der Waals surface area contributed by atoms with Crippen LogP contribution in [0.2, 0.25) is 0 Å². The number of carbonyl (C=O) groups is 2. The molecule has 29 heavy (non-hydrogen) atoms. The number of nitrogens with one attached hydrogen (secondary N) is 3. The van der Waals surface area contributed by atoms with Crippen LogP contribution in [0, 0.1) is 13.8 Å². The monoisotopic (exact) mass is 411 g/mol. The van der Waals surface area contributed by atoms with E-state index in [0.29, 0.717) is 0 Å². The fourth-order valence-electron chi connectivity index (χ4n) is 3.01. The maximum absolute atomic E-state index is 12.3. The van der Waals surface area contributed by atoms with Crippen molar-refractivity contribution in [2.24, 2.45) is 0 Å². The van der Waals surface area contributed by atoms with Crippen LogP contribution in [0.3, 0.4) is 0 Å². The lowest BCUT2D eigenvalue weighted by Crippen LogP contribution is -3.10. The molecule has 3 aromatic rings. The predicted molar refractivity (Wildman–Crippen MR) is 117 cm³/mol. The summed E-state index contributed by atoms with van der Waals surface area (Å²) in [5.41, 5.74) is 3.90. The first-order valence-electron chi connectivity index (χ1n) is 9.65. The number of hydrogen-bond donors (Lipinski definition) is 3. The Hall–Kier alpha value is -2.77. The van der Waals surface area contributed by atoms with E-state index in [4.69, 9.17) is 0 Å². The van der Waals surface area contributed by atoms with Gasteiger partial charge in [0.2, 0.25) is 5.91 Å². The number of para-hydroxylation sites is 1. The maximum atomic E-state index is 12.3. The van der Waals surface area contributed by atoms with Crippen LogP contribution in [0.15, 0.2) is 42.5 Å². The number of fused-ring (bicyclic) bond motifs is 1. The number of rotatable bonds is 7. The molecule has 0 saturated carbocycles. The molecule has 2 atom stereocenters. The number of aryl methyl sites for hydroxylation is 1. The van der Waals surface area contributed by atoms with Crippen LogP contribution in [0.1, 0.15) is 29.1 Å². The second-order valence-electron chi connectivity index (χ2n) is 7.34. The van der Waals surface area contributed by atoms with Gasteiger partial charge in [-0.2, -0.15) is 0 Å². The van der Waals surface area contributed by atoms with E-state index >= 15 is 0 Å². The third-order valence-corrected chi connectivity index (χ3v) is 6.40. The van der Waals surface area contributed by atoms with Crippen molar-refractivity contribution in [3.05, 3.63) is 58.6 Å². The molecule has 0 aliphatic heterocycles. The highest BCUT2D eigenvalue weighted by Gasteiger charge is 2.22. The molecule has 152 valence electrons. The van der Waals surface area contributed by atoms with E-state index in [-0.39, 0.29) is 30.9 Å². The summed E-state index contributed by atoms with van der Waals surface area (Å²) in [5, 5.41) is 6.57. The number of carbonyl (C=O) groups excluding carboxylic acids is 2. The number of nitrogens with zero attached hydrogens (tertiary/aromatic N) is 1. The Morgan fingerprint density at radius 2 is 1.86 bits per heavy atom. The first-order chi connectivity index (χ1) is 13.8. The molecule has 0 bridgehead atoms. The lowest BCUT2D eigenvalue weighted by molar-refractivity contribution is -0.902. The van der Waals surface area contributed by atoms with Gasteiger partial charge in [-0.15, -0.1) is 11.3 Å². The van der Waals surface area contributed by atoms with Crippen LogP contribution < -0.4 is 15.5 Å². The van der Waals surface area contributed by atoms with Crippen LogP contribution in [0.5, 0.6) is 0 Å². The lowest BCUT2D eigenvalue weighted by Gasteiger charge is -2.19. The Labute approximate surface area is 174 Å². The topological polar surface area (TPSA) is 75.5 Å². The smallest absolute Gasteiger partial charge is 0.275 e. The second kappa shape index (κ2) is 9.15. The van der Waals surface area contributed by atoms with E-state index < -0.39 is 0 Å². The quantitative estimate of drug-likeness (QED) is 0.558. The SMILES string of the molecule is Cc1cccc(NC(=O)CNC(=O)C[NH+](C)[C@H](C)c2nc3ccccc3s2)c1C. The molecule has 0 fully saturated rings. The number of quaternary nitrogens is 1. The van der Waals surface area contributed by atoms with Gasteiger partial charge in [-0.25, -0.2) is 4.98 Å². The van der Waals surface area contributed by atoms with Gasteiger partial charge in [0.1, 0.15) is 6.04 Å². The fourth-order valence-corrected chi connectivity index (χ4v) is 4.13. The molecular weight excluding hydrogens is 384 g/mol. The van der Waals surface area contributed by atoms with Gasteiger partial charge in [0.15, 0.2) is 11.6 Å². The molecule has 0 aliphatic rings. The Balaban J connectivity index is 1.50. The molecule has 3 N–H and O–H groups in total. The highest BCUT2D eigenvalue weighted by molar-refractivity contribution is 7.18. The summed E-state index contributed by atoms with van der Waals surface area (Å²) in [6.07, 6.45) is 0. The van der Waals surface area contributed by atoms with Gasteiger partial charge in [-0.05, 0) is 50.1 Å². The molecule has 1 aromatic heterocycles. The molecule has 0 saturated heterocycles. The highest BCUT2D eigenvalue weighted by atomic mass is 32.1. The summed E-state index contributed by atoms with van der Waals surface area (Å²) in [4.78, 5) is 30.2. The van der Waals surface area contributed by atoms with Crippen molar-refractivity contribution in [3.63, 3.8) is 0 Å². The molecule has 3 rings (SSSR count). The lowest BCUT2D eigenvalue weighted by atomic mass is 10.1. The summed E-state index contributed by atoms with van der Waals surface area (Å²) < 4.78 is 1.15. The van der Waals surface area contributed by atoms with E-state index in [0.717, 1.165) is 36.9 Å². The second-order valence-corrected chi connectivity index (χ2v) is 8.40. The molecule has 0 aliphatic carbocycles. The van der Waals surface area contributed by atoms with Gasteiger partial charge >= 0.3 is 0 Å². The van der Waals surface area contributed by atoms with E-state index in [9.17, 15) is 9.59 Å². The largest absolute Gasteiger partial charge is 0.342 e. The molecule has 7 heteroatoms. The van der Waals surface area contributed by atoms with E-state index in [1.165, 1.54) is 0 Å². The zero-order chi connectivity index (χ0) is 21.0. The van der Waals surface area contributed by atoms with Crippen molar-refractivity contribution in [1.29, 1.82) is 0 Å². The van der Waals surface area contributed by atoms with Crippen LogP contribution in [-0.2, 0) is 9.59 Å². The van der Waals surface area contributed by atoms with E-state index in [2.05, 4.69) is 28.6 Å². The first-order valence-corrected chi connectivity index (χ1v) is 10.5. The number of anilines is 1. The van der Waals surface area contributed by atoms with E-state index in [1.807, 2.05) is 57.3 Å². The average molecular weight is 412 g/mol. The third-order valence-electron chi connectivity index (χ3n) is 5.18. The number of likely N-dealkylation sites (N-methyl/N-ethyl adjacent to an activating group) is 1. The first kappa shape index (κ1) is 21.0. The molecule has 2 aromatic carbocycles. The summed E-state index contributed by atoms with van der Waals surface area (Å²) in [6, 6.07) is 13.9. The Morgan fingerprint density at radius 3 is 2.62 bits per heavy atom. The highest BCUT2D eigenvalue weighted by Crippen LogP contribution is 2.24. The Morgan fingerprint density at radius 1 is 1.10 bits per heavy atom. The minimum absolute atomic E-state index is 0.0466. The minimum atomic E-state index is -0.232. The van der Waals surface area contributed by atoms with Gasteiger partial charge in [0.25, 0.3) is 5.91 Å². The standard InChI is InChI=1S/C22H26N4O2S/c1-14-8-7-10-17(15(14)2)24-20(27)12-23-21(28)13-26(4)16(3)22-25-18-9-5-6-11-19(18)29-22/h5-11,16H,12-13H2,1-4H3,(H,23,28)(H,24,27)/p+1/t16-/m1/s1. The molecule has 1 unspecified atom stereocenters. The van der Waals surface area contributed by atoms with Crippen molar-refractivity contribution in [2.75, 3.05) is 25.5 Å². The molecule has 2 amide bonds. The summed E-state index contributed by atoms with van der Waals surface area (Å²) in [6.45, 7) is 6.25. The summed E-state index contributed by atoms with van der Waals surface area (Å²) in [7, 11) is 1.96. The van der Waals surface area contributed by atoms with Crippen LogP contribution >= 0.6 is 11.3 Å². The van der Waals surface area contributed by atoms with Gasteiger partial charge in [-0.1, -0.05) is 24.3 Å². The summed E-state index contributed by atoms with van der Waals surface area (Å²) in [5.74, 6) is -0.393. The minimum Gasteiger partial charge on any atom is -0.342 e. The van der Waals surface area contributed by atoms with Gasteiger partial charge < -0.3 is 15.5 Å². The molecule has 6 nitrogen and oxygen atoms in total. The van der Waals surface area contributed by atoms with Gasteiger partial charge in [0, 0.05) is 5.69 Å². The number of hydrogen-bond acceptors (Lipinski definition) is 4. The van der Waals surface area contributed by atoms with Crippen LogP contribution in [-0.4, -0.2) is 36.9 Å². The van der Waals surface area contributed by atoms with Crippen molar-refractivity contribution < 1.29 is 14.5 Å². The molecule has 0 spiro atoms. The van der Waals surface area contributed by atoms with Crippen molar-refractivity contribution in [1.82, 2.24) is 10.3 Å². The molecular formula is C22H27N4O2S+. The van der Waals surface area contributed by atoms with Crippen LogP contribution in [0.25, 0.3) is 10.2 Å². The van der Waals surface area contributed by atoms with Crippen LogP contribution in [0.4, 0.5) is 5.69 Å². The van der Waals surface area contributed by atoms with Crippen molar-refractivity contribution in [2.45, 2.75) is 26.8 Å². The maximum Gasteiger partial charge on any atom is 0.275 e. The number of amides is 2. The number of benzene rings is 2. The number of aromatic nitrogens is 1. The Kier molecular flexibility index (Phi) is 6.61.